The van der Waals surface area contributed by atoms with E-state index in [0.717, 1.165) is 10.0 Å². The Balaban J connectivity index is 2.04. The summed E-state index contributed by atoms with van der Waals surface area (Å²) in [5.74, 6) is 0.207. The van der Waals surface area contributed by atoms with Gasteiger partial charge in [0, 0.05) is 4.47 Å². The molecule has 1 aromatic heterocycles. The number of aromatic nitrogens is 3. The number of nitrogens with one attached hydrogen (secondary N) is 2. The number of aromatic amines is 1. The number of benzene rings is 1. The standard InChI is InChI=1S/C11H10BrN5O/c1-7-10(18)14-11(17-15-7)16-13-6-8-2-4-9(12)5-3-8/h2-6H,1H3,(H2,14,16,17,18). The van der Waals surface area contributed by atoms with Crippen LogP contribution in [-0.2, 0) is 0 Å². The number of halogens is 1. The fraction of sp³-hybridized carbons (Fsp3) is 0.0909. The van der Waals surface area contributed by atoms with E-state index < -0.39 is 0 Å². The van der Waals surface area contributed by atoms with Crippen LogP contribution in [0.25, 0.3) is 0 Å². The highest BCUT2D eigenvalue weighted by Gasteiger charge is 1.97. The van der Waals surface area contributed by atoms with Crippen molar-refractivity contribution in [1.82, 2.24) is 15.2 Å². The summed E-state index contributed by atoms with van der Waals surface area (Å²) in [6, 6.07) is 7.63. The van der Waals surface area contributed by atoms with Crippen LogP contribution in [-0.4, -0.2) is 21.4 Å². The fourth-order valence-electron chi connectivity index (χ4n) is 1.16. The normalized spacial score (nSPS) is 10.8. The van der Waals surface area contributed by atoms with Gasteiger partial charge in [-0.1, -0.05) is 28.1 Å². The monoisotopic (exact) mass is 307 g/mol. The molecule has 7 heteroatoms. The molecule has 2 N–H and O–H groups in total. The molecule has 0 aliphatic carbocycles. The highest BCUT2D eigenvalue weighted by Crippen LogP contribution is 2.09. The third-order valence-corrected chi connectivity index (χ3v) is 2.64. The Bertz CT molecular complexity index is 620. The lowest BCUT2D eigenvalue weighted by Gasteiger charge is -1.98. The fourth-order valence-corrected chi connectivity index (χ4v) is 1.42. The molecule has 18 heavy (non-hydrogen) atoms. The van der Waals surface area contributed by atoms with Crippen LogP contribution in [0.5, 0.6) is 0 Å². The molecule has 0 unspecified atom stereocenters. The molecule has 1 heterocycles. The zero-order valence-electron chi connectivity index (χ0n) is 9.51. The molecule has 0 saturated carbocycles. The van der Waals surface area contributed by atoms with Crippen LogP contribution in [0.1, 0.15) is 11.3 Å². The van der Waals surface area contributed by atoms with Gasteiger partial charge < -0.3 is 0 Å². The molecular weight excluding hydrogens is 298 g/mol. The maximum absolute atomic E-state index is 11.3. The van der Waals surface area contributed by atoms with E-state index in [1.165, 1.54) is 0 Å². The van der Waals surface area contributed by atoms with Gasteiger partial charge in [0.05, 0.1) is 6.21 Å². The van der Waals surface area contributed by atoms with Gasteiger partial charge in [-0.25, -0.2) is 5.43 Å². The van der Waals surface area contributed by atoms with Crippen molar-refractivity contribution in [2.45, 2.75) is 6.92 Å². The Morgan fingerprint density at radius 3 is 2.72 bits per heavy atom. The Kier molecular flexibility index (Phi) is 3.83. The molecule has 0 bridgehead atoms. The average Bonchev–Trinajstić information content (AvgIpc) is 2.36. The second kappa shape index (κ2) is 5.54. The van der Waals surface area contributed by atoms with Gasteiger partial charge in [-0.3, -0.25) is 9.78 Å². The largest absolute Gasteiger partial charge is 0.288 e. The quantitative estimate of drug-likeness (QED) is 0.667. The molecule has 0 radical (unpaired) electrons. The molecular formula is C11H10BrN5O. The van der Waals surface area contributed by atoms with Crippen molar-refractivity contribution in [3.8, 4) is 0 Å². The van der Waals surface area contributed by atoms with Crippen LogP contribution in [0.15, 0.2) is 38.6 Å². The minimum atomic E-state index is -0.286. The molecule has 2 rings (SSSR count). The smallest absolute Gasteiger partial charge is 0.274 e. The summed E-state index contributed by atoms with van der Waals surface area (Å²) >= 11 is 3.35. The summed E-state index contributed by atoms with van der Waals surface area (Å²) < 4.78 is 1.00. The molecule has 0 aliphatic heterocycles. The third kappa shape index (κ3) is 3.24. The van der Waals surface area contributed by atoms with E-state index in [2.05, 4.69) is 41.6 Å². The number of H-pyrrole nitrogens is 1. The van der Waals surface area contributed by atoms with Crippen molar-refractivity contribution in [3.63, 3.8) is 0 Å². The summed E-state index contributed by atoms with van der Waals surface area (Å²) in [7, 11) is 0. The van der Waals surface area contributed by atoms with E-state index in [-0.39, 0.29) is 11.5 Å². The van der Waals surface area contributed by atoms with E-state index in [9.17, 15) is 4.79 Å². The van der Waals surface area contributed by atoms with Crippen molar-refractivity contribution in [3.05, 3.63) is 50.3 Å². The Morgan fingerprint density at radius 1 is 1.33 bits per heavy atom. The van der Waals surface area contributed by atoms with Crippen molar-refractivity contribution < 1.29 is 0 Å². The second-order valence-corrected chi connectivity index (χ2v) is 4.43. The molecule has 0 atom stereocenters. The molecule has 0 aliphatic rings. The SMILES string of the molecule is Cc1nnc(NN=Cc2ccc(Br)cc2)[nH]c1=O. The lowest BCUT2D eigenvalue weighted by atomic mass is 10.2. The van der Waals surface area contributed by atoms with Crippen LogP contribution in [0, 0.1) is 6.92 Å². The van der Waals surface area contributed by atoms with E-state index in [0.29, 0.717) is 5.69 Å². The van der Waals surface area contributed by atoms with E-state index in [1.807, 2.05) is 24.3 Å². The minimum Gasteiger partial charge on any atom is -0.288 e. The predicted octanol–water partition coefficient (Wildman–Crippen LogP) is 1.68. The third-order valence-electron chi connectivity index (χ3n) is 2.11. The predicted molar refractivity (Wildman–Crippen MR) is 72.7 cm³/mol. The van der Waals surface area contributed by atoms with Crippen molar-refractivity contribution >= 4 is 28.1 Å². The second-order valence-electron chi connectivity index (χ2n) is 3.51. The molecule has 6 nitrogen and oxygen atoms in total. The maximum Gasteiger partial charge on any atom is 0.274 e. The molecule has 92 valence electrons. The van der Waals surface area contributed by atoms with Crippen LogP contribution >= 0.6 is 15.9 Å². The molecule has 0 saturated heterocycles. The van der Waals surface area contributed by atoms with E-state index in [4.69, 9.17) is 0 Å². The van der Waals surface area contributed by atoms with E-state index in [1.54, 1.807) is 13.1 Å². The summed E-state index contributed by atoms with van der Waals surface area (Å²) in [6.07, 6.45) is 1.62. The average molecular weight is 308 g/mol. The first-order valence-corrected chi connectivity index (χ1v) is 5.93. The van der Waals surface area contributed by atoms with Crippen molar-refractivity contribution in [2.75, 3.05) is 5.43 Å². The molecule has 0 amide bonds. The van der Waals surface area contributed by atoms with Gasteiger partial charge in [-0.05, 0) is 24.6 Å². The summed E-state index contributed by atoms with van der Waals surface area (Å²) in [5, 5.41) is 11.4. The number of nitrogens with zero attached hydrogens (tertiary/aromatic N) is 3. The van der Waals surface area contributed by atoms with Crippen LogP contribution in [0.3, 0.4) is 0 Å². The first kappa shape index (κ1) is 12.4. The zero-order valence-corrected chi connectivity index (χ0v) is 11.1. The van der Waals surface area contributed by atoms with Gasteiger partial charge in [-0.2, -0.15) is 5.10 Å². The number of hydrogen-bond acceptors (Lipinski definition) is 5. The summed E-state index contributed by atoms with van der Waals surface area (Å²) in [6.45, 7) is 1.58. The molecule has 0 fully saturated rings. The minimum absolute atomic E-state index is 0.207. The van der Waals surface area contributed by atoms with Crippen LogP contribution in [0.2, 0.25) is 0 Å². The van der Waals surface area contributed by atoms with Gasteiger partial charge in [0.25, 0.3) is 5.56 Å². The van der Waals surface area contributed by atoms with Crippen LogP contribution in [0.4, 0.5) is 5.95 Å². The van der Waals surface area contributed by atoms with Crippen molar-refractivity contribution in [2.24, 2.45) is 5.10 Å². The van der Waals surface area contributed by atoms with Crippen molar-refractivity contribution in [1.29, 1.82) is 0 Å². The maximum atomic E-state index is 11.3. The molecule has 2 aromatic rings. The number of rotatable bonds is 3. The Morgan fingerprint density at radius 2 is 2.06 bits per heavy atom. The molecule has 1 aromatic carbocycles. The lowest BCUT2D eigenvalue weighted by Crippen LogP contribution is -2.15. The number of anilines is 1. The highest BCUT2D eigenvalue weighted by molar-refractivity contribution is 9.10. The number of hydrazone groups is 1. The highest BCUT2D eigenvalue weighted by atomic mass is 79.9. The lowest BCUT2D eigenvalue weighted by molar-refractivity contribution is 0.897. The Hall–Kier alpha value is -2.02. The van der Waals surface area contributed by atoms with Gasteiger partial charge in [0.15, 0.2) is 0 Å². The Labute approximate surface area is 111 Å². The van der Waals surface area contributed by atoms with Gasteiger partial charge in [-0.15, -0.1) is 10.2 Å². The summed E-state index contributed by atoms with van der Waals surface area (Å²) in [5.41, 5.74) is 3.56. The van der Waals surface area contributed by atoms with Gasteiger partial charge in [0.1, 0.15) is 5.69 Å². The first-order chi connectivity index (χ1) is 8.65. The summed E-state index contributed by atoms with van der Waals surface area (Å²) in [4.78, 5) is 13.8. The van der Waals surface area contributed by atoms with Gasteiger partial charge in [0.2, 0.25) is 5.95 Å². The van der Waals surface area contributed by atoms with Crippen LogP contribution < -0.4 is 11.0 Å². The topological polar surface area (TPSA) is 83.0 Å². The number of aryl methyl sites for hydroxylation is 1. The van der Waals surface area contributed by atoms with Gasteiger partial charge >= 0.3 is 0 Å². The zero-order chi connectivity index (χ0) is 13.0. The molecule has 0 spiro atoms. The number of hydrogen-bond donors (Lipinski definition) is 2. The van der Waals surface area contributed by atoms with E-state index >= 15 is 0 Å². The first-order valence-electron chi connectivity index (χ1n) is 5.13.